The topological polar surface area (TPSA) is 77.6 Å². The van der Waals surface area contributed by atoms with Gasteiger partial charge in [0.1, 0.15) is 5.82 Å². The summed E-state index contributed by atoms with van der Waals surface area (Å²) in [6.07, 6.45) is 3.50. The fourth-order valence-electron chi connectivity index (χ4n) is 4.43. The van der Waals surface area contributed by atoms with Crippen molar-refractivity contribution in [1.82, 2.24) is 15.2 Å². The van der Waals surface area contributed by atoms with Crippen molar-refractivity contribution >= 4 is 23.2 Å². The van der Waals surface area contributed by atoms with Crippen molar-refractivity contribution in [1.29, 1.82) is 0 Å². The number of nitrogens with one attached hydrogen (secondary N) is 2. The van der Waals surface area contributed by atoms with Crippen LogP contribution >= 0.6 is 0 Å². The molecule has 0 bridgehead atoms. The number of benzene rings is 2. The van der Waals surface area contributed by atoms with Gasteiger partial charge in [0.25, 0.3) is 0 Å². The minimum absolute atomic E-state index is 0.129. The highest BCUT2D eigenvalue weighted by Crippen LogP contribution is 2.24. The third-order valence-corrected chi connectivity index (χ3v) is 6.40. The number of piperazine rings is 1. The molecule has 0 saturated carbocycles. The predicted molar refractivity (Wildman–Crippen MR) is 135 cm³/mol. The zero-order valence-electron chi connectivity index (χ0n) is 20.0. The van der Waals surface area contributed by atoms with Crippen molar-refractivity contribution in [2.45, 2.75) is 19.9 Å². The molecule has 2 N–H and O–H groups in total. The third-order valence-electron chi connectivity index (χ3n) is 6.40. The zero-order valence-corrected chi connectivity index (χ0v) is 20.0. The number of amides is 2. The molecular weight excluding hydrogens is 445 g/mol. The lowest BCUT2D eigenvalue weighted by Gasteiger charge is -2.40. The number of pyridine rings is 1. The molecule has 35 heavy (non-hydrogen) atoms. The van der Waals surface area contributed by atoms with Gasteiger partial charge in [-0.1, -0.05) is 24.3 Å². The first-order chi connectivity index (χ1) is 16.9. The number of hydrogen-bond acceptors (Lipinski definition) is 5. The standard InChI is InChI=1S/C27H30FN5O2/c1-19-5-3-6-20(2)25(19)31-27(35)26(34)30-18-24(21-7-4-12-29-17-21)33-15-13-32(14-16-33)23-10-8-22(28)9-11-23/h3-12,17,24H,13-16,18H2,1-2H3,(H,30,34)(H,31,35)/t24-/m0/s1. The number of nitrogens with zero attached hydrogens (tertiary/aromatic N) is 3. The van der Waals surface area contributed by atoms with E-state index in [4.69, 9.17) is 0 Å². The lowest BCUT2D eigenvalue weighted by Crippen LogP contribution is -2.50. The van der Waals surface area contributed by atoms with Crippen molar-refractivity contribution < 1.29 is 14.0 Å². The zero-order chi connectivity index (χ0) is 24.8. The summed E-state index contributed by atoms with van der Waals surface area (Å²) in [7, 11) is 0. The van der Waals surface area contributed by atoms with Gasteiger partial charge in [0.05, 0.1) is 6.04 Å². The summed E-state index contributed by atoms with van der Waals surface area (Å²) in [5.41, 5.74) is 4.42. The monoisotopic (exact) mass is 475 g/mol. The highest BCUT2D eigenvalue weighted by Gasteiger charge is 2.27. The molecule has 3 aromatic rings. The average molecular weight is 476 g/mol. The van der Waals surface area contributed by atoms with Gasteiger partial charge in [-0.05, 0) is 60.9 Å². The summed E-state index contributed by atoms with van der Waals surface area (Å²) in [6, 6.07) is 15.9. The second-order valence-corrected chi connectivity index (χ2v) is 8.73. The van der Waals surface area contributed by atoms with E-state index in [0.717, 1.165) is 48.6 Å². The molecule has 182 valence electrons. The normalized spacial score (nSPS) is 14.9. The van der Waals surface area contributed by atoms with Gasteiger partial charge >= 0.3 is 11.8 Å². The van der Waals surface area contributed by atoms with Crippen LogP contribution in [0.25, 0.3) is 0 Å². The van der Waals surface area contributed by atoms with E-state index in [1.807, 2.05) is 44.2 Å². The van der Waals surface area contributed by atoms with E-state index in [2.05, 4.69) is 25.4 Å². The Labute approximate surface area is 205 Å². The van der Waals surface area contributed by atoms with Crippen LogP contribution in [0.1, 0.15) is 22.7 Å². The number of rotatable bonds is 6. The lowest BCUT2D eigenvalue weighted by molar-refractivity contribution is -0.136. The summed E-state index contributed by atoms with van der Waals surface area (Å²) in [6.45, 7) is 7.10. The minimum atomic E-state index is -0.687. The Morgan fingerprint density at radius 2 is 1.63 bits per heavy atom. The van der Waals surface area contributed by atoms with Crippen LogP contribution in [-0.2, 0) is 9.59 Å². The quantitative estimate of drug-likeness (QED) is 0.534. The van der Waals surface area contributed by atoms with Crippen LogP contribution in [0.5, 0.6) is 0 Å². The summed E-state index contributed by atoms with van der Waals surface area (Å²) >= 11 is 0. The molecule has 1 aliphatic heterocycles. The van der Waals surface area contributed by atoms with Crippen molar-refractivity contribution in [2.75, 3.05) is 42.9 Å². The Balaban J connectivity index is 1.40. The first kappa shape index (κ1) is 24.3. The number of aromatic nitrogens is 1. The van der Waals surface area contributed by atoms with Crippen molar-refractivity contribution in [2.24, 2.45) is 0 Å². The molecule has 7 nitrogen and oxygen atoms in total. The second kappa shape index (κ2) is 11.1. The van der Waals surface area contributed by atoms with E-state index in [0.29, 0.717) is 5.69 Å². The molecule has 1 aliphatic rings. The van der Waals surface area contributed by atoms with E-state index in [1.54, 1.807) is 24.5 Å². The Kier molecular flexibility index (Phi) is 7.72. The molecule has 0 radical (unpaired) electrons. The smallest absolute Gasteiger partial charge is 0.313 e. The van der Waals surface area contributed by atoms with Crippen LogP contribution in [0.2, 0.25) is 0 Å². The second-order valence-electron chi connectivity index (χ2n) is 8.73. The molecule has 4 rings (SSSR count). The van der Waals surface area contributed by atoms with Crippen molar-refractivity contribution in [3.63, 3.8) is 0 Å². The van der Waals surface area contributed by atoms with Crippen LogP contribution < -0.4 is 15.5 Å². The van der Waals surface area contributed by atoms with Crippen LogP contribution in [0.15, 0.2) is 67.0 Å². The van der Waals surface area contributed by atoms with Gasteiger partial charge < -0.3 is 15.5 Å². The number of carbonyl (C=O) groups is 2. The molecule has 0 unspecified atom stereocenters. The predicted octanol–water partition coefficient (Wildman–Crippen LogP) is 3.46. The molecule has 8 heteroatoms. The fraction of sp³-hybridized carbons (Fsp3) is 0.296. The number of anilines is 2. The van der Waals surface area contributed by atoms with Gasteiger partial charge in [0.2, 0.25) is 0 Å². The summed E-state index contributed by atoms with van der Waals surface area (Å²) in [5.74, 6) is -1.61. The number of carbonyl (C=O) groups excluding carboxylic acids is 2. The van der Waals surface area contributed by atoms with E-state index >= 15 is 0 Å². The number of halogens is 1. The molecule has 1 saturated heterocycles. The van der Waals surface area contributed by atoms with Gasteiger partial charge in [0, 0.05) is 56.5 Å². The minimum Gasteiger partial charge on any atom is -0.369 e. The van der Waals surface area contributed by atoms with Crippen molar-refractivity contribution in [3.05, 3.63) is 89.5 Å². The molecule has 1 atom stereocenters. The van der Waals surface area contributed by atoms with Gasteiger partial charge in [-0.3, -0.25) is 19.5 Å². The summed E-state index contributed by atoms with van der Waals surface area (Å²) < 4.78 is 13.3. The maximum atomic E-state index is 13.3. The van der Waals surface area contributed by atoms with Gasteiger partial charge in [-0.2, -0.15) is 0 Å². The van der Waals surface area contributed by atoms with Crippen LogP contribution in [0.3, 0.4) is 0 Å². The van der Waals surface area contributed by atoms with E-state index in [9.17, 15) is 14.0 Å². The molecule has 2 heterocycles. The Morgan fingerprint density at radius 1 is 0.943 bits per heavy atom. The van der Waals surface area contributed by atoms with Gasteiger partial charge in [-0.25, -0.2) is 4.39 Å². The molecule has 1 fully saturated rings. The molecule has 2 amide bonds. The maximum Gasteiger partial charge on any atom is 0.313 e. The first-order valence-corrected chi connectivity index (χ1v) is 11.7. The van der Waals surface area contributed by atoms with Crippen molar-refractivity contribution in [3.8, 4) is 0 Å². The fourth-order valence-corrected chi connectivity index (χ4v) is 4.43. The van der Waals surface area contributed by atoms with E-state index < -0.39 is 11.8 Å². The molecule has 0 spiro atoms. The summed E-state index contributed by atoms with van der Waals surface area (Å²) in [4.78, 5) is 34.0. The number of para-hydroxylation sites is 1. The SMILES string of the molecule is Cc1cccc(C)c1NC(=O)C(=O)NC[C@@H](c1cccnc1)N1CCN(c2ccc(F)cc2)CC1. The van der Waals surface area contributed by atoms with Gasteiger partial charge in [0.15, 0.2) is 0 Å². The lowest BCUT2D eigenvalue weighted by atomic mass is 10.1. The highest BCUT2D eigenvalue weighted by molar-refractivity contribution is 6.39. The Hall–Kier alpha value is -3.78. The molecule has 1 aromatic heterocycles. The average Bonchev–Trinajstić information content (AvgIpc) is 2.88. The third kappa shape index (κ3) is 6.02. The van der Waals surface area contributed by atoms with E-state index in [-0.39, 0.29) is 18.4 Å². The number of aryl methyl sites for hydroxylation is 2. The highest BCUT2D eigenvalue weighted by atomic mass is 19.1. The largest absolute Gasteiger partial charge is 0.369 e. The summed E-state index contributed by atoms with van der Waals surface area (Å²) in [5, 5.41) is 5.55. The first-order valence-electron chi connectivity index (χ1n) is 11.7. The van der Waals surface area contributed by atoms with Crippen LogP contribution in [0.4, 0.5) is 15.8 Å². The molecular formula is C27H30FN5O2. The molecule has 0 aliphatic carbocycles. The Bertz CT molecular complexity index is 1140. The van der Waals surface area contributed by atoms with Crippen LogP contribution in [-0.4, -0.2) is 54.4 Å². The van der Waals surface area contributed by atoms with Crippen LogP contribution in [0, 0.1) is 19.7 Å². The Morgan fingerprint density at radius 3 is 2.26 bits per heavy atom. The maximum absolute atomic E-state index is 13.3. The van der Waals surface area contributed by atoms with Gasteiger partial charge in [-0.15, -0.1) is 0 Å². The number of hydrogen-bond donors (Lipinski definition) is 2. The van der Waals surface area contributed by atoms with E-state index in [1.165, 1.54) is 12.1 Å². The molecule has 2 aromatic carbocycles.